The van der Waals surface area contributed by atoms with Crippen LogP contribution in [0.25, 0.3) is 33.7 Å². The van der Waals surface area contributed by atoms with Crippen LogP contribution in [0, 0.1) is 13.8 Å². The van der Waals surface area contributed by atoms with Crippen LogP contribution in [-0.2, 0) is 0 Å². The lowest BCUT2D eigenvalue weighted by atomic mass is 10.0. The number of rotatable bonds is 2. The molecule has 0 fully saturated rings. The van der Waals surface area contributed by atoms with Crippen LogP contribution in [0.3, 0.4) is 0 Å². The number of fused-ring (bicyclic) bond motifs is 1. The molecule has 0 aliphatic heterocycles. The van der Waals surface area contributed by atoms with Crippen LogP contribution in [0.4, 0.5) is 0 Å². The van der Waals surface area contributed by atoms with E-state index >= 15 is 0 Å². The van der Waals surface area contributed by atoms with Gasteiger partial charge in [0.1, 0.15) is 11.5 Å². The Morgan fingerprint density at radius 3 is 2.79 bits per heavy atom. The van der Waals surface area contributed by atoms with Crippen molar-refractivity contribution in [3.63, 3.8) is 0 Å². The number of nitrogens with one attached hydrogen (secondary N) is 2. The minimum Gasteiger partial charge on any atom is -0.345 e. The van der Waals surface area contributed by atoms with Crippen molar-refractivity contribution in [1.29, 1.82) is 0 Å². The molecule has 0 unspecified atom stereocenters. The first-order valence-electron chi connectivity index (χ1n) is 7.74. The molecule has 0 atom stereocenters. The molecule has 4 rings (SSSR count). The predicted molar refractivity (Wildman–Crippen MR) is 94.9 cm³/mol. The van der Waals surface area contributed by atoms with Gasteiger partial charge in [-0.1, -0.05) is 18.2 Å². The highest BCUT2D eigenvalue weighted by Gasteiger charge is 2.12. The van der Waals surface area contributed by atoms with Crippen molar-refractivity contribution in [3.8, 4) is 22.6 Å². The Morgan fingerprint density at radius 1 is 1.04 bits per heavy atom. The quantitative estimate of drug-likeness (QED) is 0.593. The summed E-state index contributed by atoms with van der Waals surface area (Å²) in [6, 6.07) is 11.4. The normalized spacial score (nSPS) is 11.1. The number of benzene rings is 1. The van der Waals surface area contributed by atoms with E-state index in [1.807, 2.05) is 50.4 Å². The number of hydrogen-bond acceptors (Lipinski definition) is 3. The third-order valence-electron chi connectivity index (χ3n) is 4.33. The van der Waals surface area contributed by atoms with Crippen molar-refractivity contribution < 1.29 is 0 Å². The number of aromatic amines is 2. The number of pyridine rings is 1. The highest BCUT2D eigenvalue weighted by Crippen LogP contribution is 2.27. The summed E-state index contributed by atoms with van der Waals surface area (Å²) in [5, 5.41) is 0.947. The van der Waals surface area contributed by atoms with E-state index in [0.717, 1.165) is 33.3 Å². The third-order valence-corrected chi connectivity index (χ3v) is 4.33. The summed E-state index contributed by atoms with van der Waals surface area (Å²) in [6.07, 6.45) is 3.57. The monoisotopic (exact) mass is 316 g/mol. The van der Waals surface area contributed by atoms with Crippen LogP contribution >= 0.6 is 0 Å². The molecule has 24 heavy (non-hydrogen) atoms. The number of aryl methyl sites for hydroxylation is 1. The fraction of sp³-hybridized carbons (Fsp3) is 0.105. The molecular formula is C19H16N4O. The first-order chi connectivity index (χ1) is 11.6. The molecule has 0 aliphatic carbocycles. The molecule has 0 spiro atoms. The molecule has 4 aromatic rings. The summed E-state index contributed by atoms with van der Waals surface area (Å²) < 4.78 is 0. The second-order valence-corrected chi connectivity index (χ2v) is 5.83. The fourth-order valence-electron chi connectivity index (χ4n) is 2.90. The largest absolute Gasteiger partial charge is 0.345 e. The van der Waals surface area contributed by atoms with Gasteiger partial charge in [0.2, 0.25) is 0 Å². The number of hydrogen-bond donors (Lipinski definition) is 2. The Bertz CT molecular complexity index is 1110. The lowest BCUT2D eigenvalue weighted by molar-refractivity contribution is 1.12. The van der Waals surface area contributed by atoms with Crippen molar-refractivity contribution in [3.05, 3.63) is 70.3 Å². The first kappa shape index (κ1) is 14.4. The van der Waals surface area contributed by atoms with E-state index in [1.54, 1.807) is 6.20 Å². The molecule has 2 N–H and O–H groups in total. The van der Waals surface area contributed by atoms with E-state index < -0.39 is 0 Å². The van der Waals surface area contributed by atoms with Crippen molar-refractivity contribution >= 4 is 11.0 Å². The van der Waals surface area contributed by atoms with Gasteiger partial charge in [0, 0.05) is 35.0 Å². The first-order valence-corrected chi connectivity index (χ1v) is 7.74. The van der Waals surface area contributed by atoms with Gasteiger partial charge in [-0.05, 0) is 37.1 Å². The lowest BCUT2D eigenvalue weighted by Crippen LogP contribution is -2.09. The van der Waals surface area contributed by atoms with Gasteiger partial charge in [-0.15, -0.1) is 0 Å². The van der Waals surface area contributed by atoms with Gasteiger partial charge in [-0.2, -0.15) is 0 Å². The van der Waals surface area contributed by atoms with Gasteiger partial charge in [0.05, 0.1) is 5.69 Å². The predicted octanol–water partition coefficient (Wildman–Crippen LogP) is 3.60. The smallest absolute Gasteiger partial charge is 0.251 e. The third kappa shape index (κ3) is 2.31. The van der Waals surface area contributed by atoms with E-state index in [-0.39, 0.29) is 5.56 Å². The average Bonchev–Trinajstić information content (AvgIpc) is 3.01. The average molecular weight is 316 g/mol. The molecule has 0 amide bonds. The zero-order valence-electron chi connectivity index (χ0n) is 13.4. The summed E-state index contributed by atoms with van der Waals surface area (Å²) in [7, 11) is 0. The van der Waals surface area contributed by atoms with Crippen LogP contribution in [0.1, 0.15) is 11.1 Å². The van der Waals surface area contributed by atoms with Crippen molar-refractivity contribution in [2.45, 2.75) is 13.8 Å². The van der Waals surface area contributed by atoms with Gasteiger partial charge in [-0.3, -0.25) is 4.79 Å². The molecule has 5 nitrogen and oxygen atoms in total. The molecule has 0 saturated carbocycles. The minimum atomic E-state index is -0.172. The number of nitrogens with zero attached hydrogens (tertiary/aromatic N) is 2. The second-order valence-electron chi connectivity index (χ2n) is 5.83. The van der Waals surface area contributed by atoms with Crippen molar-refractivity contribution in [2.24, 2.45) is 0 Å². The molecule has 118 valence electrons. The standard InChI is InChI=1S/C19H16N4O/c1-11-5-3-6-13(12(11)2)19-22-16(9-17(24)23-19)15-10-21-18-14(15)7-4-8-20-18/h3-10H,1-2H3,(H,20,21)(H,22,23,24). The van der Waals surface area contributed by atoms with E-state index in [1.165, 1.54) is 6.07 Å². The Kier molecular flexibility index (Phi) is 3.27. The van der Waals surface area contributed by atoms with E-state index in [4.69, 9.17) is 4.98 Å². The molecule has 0 radical (unpaired) electrons. The molecule has 3 heterocycles. The van der Waals surface area contributed by atoms with Crippen molar-refractivity contribution in [2.75, 3.05) is 0 Å². The molecule has 3 aromatic heterocycles. The molecule has 5 heteroatoms. The highest BCUT2D eigenvalue weighted by atomic mass is 16.1. The minimum absolute atomic E-state index is 0.172. The zero-order valence-corrected chi connectivity index (χ0v) is 13.4. The summed E-state index contributed by atoms with van der Waals surface area (Å²) in [6.45, 7) is 4.08. The van der Waals surface area contributed by atoms with E-state index in [2.05, 4.69) is 15.0 Å². The maximum Gasteiger partial charge on any atom is 0.251 e. The summed E-state index contributed by atoms with van der Waals surface area (Å²) in [5.41, 5.74) is 5.32. The maximum atomic E-state index is 12.2. The molecular weight excluding hydrogens is 300 g/mol. The van der Waals surface area contributed by atoms with Crippen LogP contribution in [-0.4, -0.2) is 19.9 Å². The van der Waals surface area contributed by atoms with Crippen LogP contribution < -0.4 is 5.56 Å². The van der Waals surface area contributed by atoms with E-state index in [9.17, 15) is 4.79 Å². The Balaban J connectivity index is 1.94. The summed E-state index contributed by atoms with van der Waals surface area (Å²) in [5.74, 6) is 0.581. The summed E-state index contributed by atoms with van der Waals surface area (Å²) in [4.78, 5) is 27.1. The van der Waals surface area contributed by atoms with Gasteiger partial charge in [0.25, 0.3) is 5.56 Å². The molecule has 0 aliphatic rings. The van der Waals surface area contributed by atoms with E-state index in [0.29, 0.717) is 11.5 Å². The van der Waals surface area contributed by atoms with Crippen LogP contribution in [0.5, 0.6) is 0 Å². The number of H-pyrrole nitrogens is 2. The molecule has 0 saturated heterocycles. The highest BCUT2D eigenvalue weighted by molar-refractivity contribution is 5.92. The van der Waals surface area contributed by atoms with Gasteiger partial charge < -0.3 is 9.97 Å². The van der Waals surface area contributed by atoms with Crippen LogP contribution in [0.2, 0.25) is 0 Å². The second kappa shape index (κ2) is 5.45. The topological polar surface area (TPSA) is 74.4 Å². The Morgan fingerprint density at radius 2 is 1.92 bits per heavy atom. The van der Waals surface area contributed by atoms with Gasteiger partial charge >= 0.3 is 0 Å². The Hall–Kier alpha value is -3.21. The SMILES string of the molecule is Cc1cccc(-c2nc(-c3c[nH]c4ncccc34)cc(=O)[nH]2)c1C. The van der Waals surface area contributed by atoms with Crippen molar-refractivity contribution in [1.82, 2.24) is 19.9 Å². The number of aromatic nitrogens is 4. The van der Waals surface area contributed by atoms with Crippen LogP contribution in [0.15, 0.2) is 53.6 Å². The lowest BCUT2D eigenvalue weighted by Gasteiger charge is -2.09. The van der Waals surface area contributed by atoms with Gasteiger partial charge in [-0.25, -0.2) is 9.97 Å². The molecule has 1 aromatic carbocycles. The summed E-state index contributed by atoms with van der Waals surface area (Å²) >= 11 is 0. The van der Waals surface area contributed by atoms with Gasteiger partial charge in [0.15, 0.2) is 0 Å². The zero-order chi connectivity index (χ0) is 16.7. The fourth-order valence-corrected chi connectivity index (χ4v) is 2.90. The molecule has 0 bridgehead atoms. The Labute approximate surface area is 138 Å². The maximum absolute atomic E-state index is 12.2.